The third-order valence-electron chi connectivity index (χ3n) is 5.82. The van der Waals surface area contributed by atoms with Crippen molar-refractivity contribution in [2.24, 2.45) is 13.0 Å². The molecule has 0 aliphatic rings. The van der Waals surface area contributed by atoms with Crippen molar-refractivity contribution in [3.63, 3.8) is 0 Å². The fourth-order valence-electron chi connectivity index (χ4n) is 4.11. The molecule has 0 radical (unpaired) electrons. The zero-order valence-corrected chi connectivity index (χ0v) is 19.4. The topological polar surface area (TPSA) is 91.6 Å². The van der Waals surface area contributed by atoms with E-state index in [4.69, 9.17) is 15.7 Å². The van der Waals surface area contributed by atoms with Gasteiger partial charge in [0.05, 0.1) is 11.3 Å². The Bertz CT molecular complexity index is 1550. The minimum atomic E-state index is -0.0857. The predicted molar refractivity (Wildman–Crippen MR) is 136 cm³/mol. The zero-order valence-electron chi connectivity index (χ0n) is 19.4. The van der Waals surface area contributed by atoms with Crippen LogP contribution in [0, 0.1) is 5.92 Å². The quantitative estimate of drug-likeness (QED) is 0.422. The number of imidazole rings is 1. The van der Waals surface area contributed by atoms with Crippen LogP contribution in [-0.2, 0) is 13.5 Å². The number of hydrogen-bond acceptors (Lipinski definition) is 5. The summed E-state index contributed by atoms with van der Waals surface area (Å²) in [6.07, 6.45) is 4.42. The Balaban J connectivity index is 1.73. The van der Waals surface area contributed by atoms with E-state index in [1.807, 2.05) is 34.9 Å². The number of benzene rings is 1. The van der Waals surface area contributed by atoms with Crippen LogP contribution >= 0.6 is 0 Å². The standard InChI is InChI=1S/C27H26N6O/c1-17(2)15-18-6-8-20(9-7-18)33-26(21-5-4-13-29-25(21)28)31-23-11-10-22(30-27(23)33)19-12-14-32(3)24(34)16-19/h4-14,16-17H,15H2,1-3H3,(H2,28,29). The summed E-state index contributed by atoms with van der Waals surface area (Å²) in [5.41, 5.74) is 12.0. The number of aryl methyl sites for hydroxylation is 1. The Morgan fingerprint density at radius 3 is 2.50 bits per heavy atom. The van der Waals surface area contributed by atoms with Gasteiger partial charge in [-0.25, -0.2) is 15.0 Å². The van der Waals surface area contributed by atoms with Gasteiger partial charge in [0.1, 0.15) is 11.3 Å². The highest BCUT2D eigenvalue weighted by Gasteiger charge is 2.19. The molecule has 34 heavy (non-hydrogen) atoms. The fourth-order valence-corrected chi connectivity index (χ4v) is 4.11. The van der Waals surface area contributed by atoms with Gasteiger partial charge >= 0.3 is 0 Å². The van der Waals surface area contributed by atoms with Crippen molar-refractivity contribution >= 4 is 17.0 Å². The predicted octanol–water partition coefficient (Wildman–Crippen LogP) is 4.63. The highest BCUT2D eigenvalue weighted by molar-refractivity contribution is 5.84. The van der Waals surface area contributed by atoms with E-state index in [0.717, 1.165) is 28.8 Å². The first-order chi connectivity index (χ1) is 16.4. The number of anilines is 1. The van der Waals surface area contributed by atoms with Gasteiger partial charge < -0.3 is 10.3 Å². The maximum absolute atomic E-state index is 12.2. The molecule has 0 spiro atoms. The summed E-state index contributed by atoms with van der Waals surface area (Å²) in [4.78, 5) is 26.3. The number of rotatable bonds is 5. The van der Waals surface area contributed by atoms with Crippen LogP contribution in [0.4, 0.5) is 5.82 Å². The van der Waals surface area contributed by atoms with E-state index in [1.165, 1.54) is 10.1 Å². The Kier molecular flexibility index (Phi) is 5.45. The summed E-state index contributed by atoms with van der Waals surface area (Å²) in [5, 5.41) is 0. The number of nitrogens with zero attached hydrogens (tertiary/aromatic N) is 5. The summed E-state index contributed by atoms with van der Waals surface area (Å²) in [6.45, 7) is 4.42. The average molecular weight is 451 g/mol. The second kappa shape index (κ2) is 8.59. The molecule has 0 atom stereocenters. The van der Waals surface area contributed by atoms with Crippen molar-refractivity contribution in [3.05, 3.63) is 89.0 Å². The lowest BCUT2D eigenvalue weighted by molar-refractivity contribution is 0.647. The molecule has 4 aromatic heterocycles. The lowest BCUT2D eigenvalue weighted by Gasteiger charge is -2.12. The molecular formula is C27H26N6O. The number of nitrogen functional groups attached to an aromatic ring is 1. The Hall–Kier alpha value is -4.26. The monoisotopic (exact) mass is 450 g/mol. The normalized spacial score (nSPS) is 11.4. The van der Waals surface area contributed by atoms with Crippen molar-refractivity contribution in [2.45, 2.75) is 20.3 Å². The van der Waals surface area contributed by atoms with E-state index in [0.29, 0.717) is 28.9 Å². The largest absolute Gasteiger partial charge is 0.383 e. The van der Waals surface area contributed by atoms with Gasteiger partial charge in [-0.05, 0) is 60.4 Å². The maximum Gasteiger partial charge on any atom is 0.250 e. The van der Waals surface area contributed by atoms with Crippen LogP contribution in [0.1, 0.15) is 19.4 Å². The zero-order chi connectivity index (χ0) is 23.8. The minimum Gasteiger partial charge on any atom is -0.383 e. The van der Waals surface area contributed by atoms with Gasteiger partial charge in [-0.2, -0.15) is 0 Å². The summed E-state index contributed by atoms with van der Waals surface area (Å²) in [5.74, 6) is 1.65. The lowest BCUT2D eigenvalue weighted by atomic mass is 10.0. The van der Waals surface area contributed by atoms with E-state index in [2.05, 4.69) is 43.1 Å². The molecule has 0 amide bonds. The molecule has 0 saturated heterocycles. The number of nitrogens with two attached hydrogens (primary N) is 1. The Morgan fingerprint density at radius 1 is 1.00 bits per heavy atom. The molecule has 0 bridgehead atoms. The van der Waals surface area contributed by atoms with Crippen LogP contribution < -0.4 is 11.3 Å². The van der Waals surface area contributed by atoms with E-state index in [-0.39, 0.29) is 5.56 Å². The third-order valence-corrected chi connectivity index (χ3v) is 5.82. The van der Waals surface area contributed by atoms with E-state index < -0.39 is 0 Å². The molecule has 170 valence electrons. The first kappa shape index (κ1) is 21.6. The Morgan fingerprint density at radius 2 is 1.79 bits per heavy atom. The highest BCUT2D eigenvalue weighted by atomic mass is 16.1. The van der Waals surface area contributed by atoms with Crippen LogP contribution in [0.5, 0.6) is 0 Å². The van der Waals surface area contributed by atoms with Gasteiger partial charge in [0.15, 0.2) is 11.5 Å². The third kappa shape index (κ3) is 3.96. The average Bonchev–Trinajstić information content (AvgIpc) is 3.20. The number of pyridine rings is 3. The summed E-state index contributed by atoms with van der Waals surface area (Å²) < 4.78 is 3.54. The molecule has 2 N–H and O–H groups in total. The molecule has 7 nitrogen and oxygen atoms in total. The molecule has 0 fully saturated rings. The summed E-state index contributed by atoms with van der Waals surface area (Å²) in [6, 6.07) is 19.5. The molecule has 5 rings (SSSR count). The first-order valence-electron chi connectivity index (χ1n) is 11.3. The van der Waals surface area contributed by atoms with Crippen molar-refractivity contribution in [1.29, 1.82) is 0 Å². The van der Waals surface area contributed by atoms with Crippen LogP contribution in [-0.4, -0.2) is 24.1 Å². The SMILES string of the molecule is CC(C)Cc1ccc(-n2c(-c3cccnc3N)nc3ccc(-c4ccn(C)c(=O)c4)nc32)cc1. The fraction of sp³-hybridized carbons (Fsp3) is 0.185. The van der Waals surface area contributed by atoms with Crippen LogP contribution in [0.25, 0.3) is 39.5 Å². The molecule has 0 aliphatic carbocycles. The smallest absolute Gasteiger partial charge is 0.250 e. The van der Waals surface area contributed by atoms with Gasteiger partial charge in [0.2, 0.25) is 0 Å². The van der Waals surface area contributed by atoms with Gasteiger partial charge in [0, 0.05) is 36.8 Å². The lowest BCUT2D eigenvalue weighted by Crippen LogP contribution is -2.14. The van der Waals surface area contributed by atoms with Gasteiger partial charge in [-0.15, -0.1) is 0 Å². The summed E-state index contributed by atoms with van der Waals surface area (Å²) in [7, 11) is 1.73. The number of aromatic nitrogens is 5. The van der Waals surface area contributed by atoms with Gasteiger partial charge in [-0.1, -0.05) is 26.0 Å². The number of hydrogen-bond donors (Lipinski definition) is 1. The van der Waals surface area contributed by atoms with Crippen LogP contribution in [0.2, 0.25) is 0 Å². The minimum absolute atomic E-state index is 0.0857. The first-order valence-corrected chi connectivity index (χ1v) is 11.3. The van der Waals surface area contributed by atoms with Crippen molar-refractivity contribution < 1.29 is 0 Å². The van der Waals surface area contributed by atoms with E-state index >= 15 is 0 Å². The second-order valence-corrected chi connectivity index (χ2v) is 8.88. The summed E-state index contributed by atoms with van der Waals surface area (Å²) >= 11 is 0. The molecule has 0 aliphatic heterocycles. The maximum atomic E-state index is 12.2. The molecule has 7 heteroatoms. The highest BCUT2D eigenvalue weighted by Crippen LogP contribution is 2.31. The molecular weight excluding hydrogens is 424 g/mol. The molecule has 0 unspecified atom stereocenters. The van der Waals surface area contributed by atoms with Crippen molar-refractivity contribution in [3.8, 4) is 28.3 Å². The molecule has 0 saturated carbocycles. The van der Waals surface area contributed by atoms with Gasteiger partial charge in [0.25, 0.3) is 5.56 Å². The van der Waals surface area contributed by atoms with E-state index in [9.17, 15) is 4.79 Å². The van der Waals surface area contributed by atoms with E-state index in [1.54, 1.807) is 25.5 Å². The second-order valence-electron chi connectivity index (χ2n) is 8.88. The number of fused-ring (bicyclic) bond motifs is 1. The van der Waals surface area contributed by atoms with Crippen molar-refractivity contribution in [2.75, 3.05) is 5.73 Å². The molecule has 1 aromatic carbocycles. The molecule has 4 heterocycles. The van der Waals surface area contributed by atoms with Crippen LogP contribution in [0.15, 0.2) is 77.9 Å². The van der Waals surface area contributed by atoms with Crippen LogP contribution in [0.3, 0.4) is 0 Å². The van der Waals surface area contributed by atoms with Gasteiger partial charge in [-0.3, -0.25) is 9.36 Å². The van der Waals surface area contributed by atoms with Crippen molar-refractivity contribution in [1.82, 2.24) is 24.1 Å². The Labute approximate surface area is 197 Å². The molecule has 5 aromatic rings.